The molecule has 0 fully saturated rings. The number of hydrogen-bond donors (Lipinski definition) is 1. The maximum absolute atomic E-state index is 5.53. The summed E-state index contributed by atoms with van der Waals surface area (Å²) in [6.07, 6.45) is 0. The minimum atomic E-state index is 0.553. The molecule has 0 aromatic carbocycles. The van der Waals surface area contributed by atoms with E-state index in [1.807, 2.05) is 33.3 Å². The smallest absolute Gasteiger partial charge is 0.129 e. The Kier molecular flexibility index (Phi) is 5.39. The largest absolute Gasteiger partial charge is 0.462 e. The fourth-order valence-electron chi connectivity index (χ4n) is 1.19. The van der Waals surface area contributed by atoms with Gasteiger partial charge in [0.2, 0.25) is 0 Å². The van der Waals surface area contributed by atoms with Crippen molar-refractivity contribution in [3.05, 3.63) is 23.7 Å². The Bertz CT molecular complexity index is 271. The van der Waals surface area contributed by atoms with Crippen LogP contribution in [0.25, 0.3) is 0 Å². The number of likely N-dealkylation sites (N-methyl/N-ethyl adjacent to an activating group) is 1. The number of nitrogens with zero attached hydrogens (tertiary/aromatic N) is 1. The topological polar surface area (TPSA) is 37.6 Å². The van der Waals surface area contributed by atoms with Crippen LogP contribution < -0.4 is 5.32 Å². The molecule has 1 aromatic rings. The van der Waals surface area contributed by atoms with Gasteiger partial charge in [0.25, 0.3) is 0 Å². The van der Waals surface area contributed by atoms with Crippen molar-refractivity contribution in [2.45, 2.75) is 13.2 Å². The van der Waals surface area contributed by atoms with Crippen molar-refractivity contribution >= 4 is 0 Å². The van der Waals surface area contributed by atoms with E-state index in [4.69, 9.17) is 9.15 Å². The molecule has 4 heteroatoms. The van der Waals surface area contributed by atoms with E-state index < -0.39 is 0 Å². The van der Waals surface area contributed by atoms with Crippen LogP contribution >= 0.6 is 0 Å². The molecular weight excluding hydrogens is 192 g/mol. The Balaban J connectivity index is 2.19. The van der Waals surface area contributed by atoms with Gasteiger partial charge in [-0.15, -0.1) is 0 Å². The van der Waals surface area contributed by atoms with Crippen molar-refractivity contribution in [2.24, 2.45) is 0 Å². The molecule has 0 aliphatic carbocycles. The highest BCUT2D eigenvalue weighted by molar-refractivity contribution is 5.06. The standard InChI is InChI=1S/C11H20N2O2/c1-12-8-10-4-5-11(15-10)9-14-7-6-13(2)3/h4-5,12H,6-9H2,1-3H3. The minimum Gasteiger partial charge on any atom is -0.462 e. The van der Waals surface area contributed by atoms with Crippen LogP contribution in [0.3, 0.4) is 0 Å². The van der Waals surface area contributed by atoms with Gasteiger partial charge in [0.15, 0.2) is 0 Å². The lowest BCUT2D eigenvalue weighted by Crippen LogP contribution is -2.17. The maximum Gasteiger partial charge on any atom is 0.129 e. The lowest BCUT2D eigenvalue weighted by Gasteiger charge is -2.08. The fraction of sp³-hybridized carbons (Fsp3) is 0.636. The maximum atomic E-state index is 5.53. The predicted molar refractivity (Wildman–Crippen MR) is 59.7 cm³/mol. The summed E-state index contributed by atoms with van der Waals surface area (Å²) >= 11 is 0. The van der Waals surface area contributed by atoms with E-state index in [1.165, 1.54) is 0 Å². The van der Waals surface area contributed by atoms with Gasteiger partial charge in [0.05, 0.1) is 13.2 Å². The van der Waals surface area contributed by atoms with E-state index in [9.17, 15) is 0 Å². The van der Waals surface area contributed by atoms with Gasteiger partial charge in [-0.05, 0) is 33.3 Å². The van der Waals surface area contributed by atoms with E-state index in [-0.39, 0.29) is 0 Å². The van der Waals surface area contributed by atoms with Gasteiger partial charge in [-0.2, -0.15) is 0 Å². The van der Waals surface area contributed by atoms with Gasteiger partial charge in [0.1, 0.15) is 18.1 Å². The van der Waals surface area contributed by atoms with Gasteiger partial charge in [-0.3, -0.25) is 0 Å². The summed E-state index contributed by atoms with van der Waals surface area (Å²) in [6, 6.07) is 3.93. The summed E-state index contributed by atoms with van der Waals surface area (Å²) in [7, 11) is 5.96. The number of nitrogens with one attached hydrogen (secondary N) is 1. The summed E-state index contributed by atoms with van der Waals surface area (Å²) < 4.78 is 11.0. The monoisotopic (exact) mass is 212 g/mol. The Labute approximate surface area is 91.2 Å². The summed E-state index contributed by atoms with van der Waals surface area (Å²) in [6.45, 7) is 2.98. The molecule has 0 saturated heterocycles. The molecule has 1 heterocycles. The highest BCUT2D eigenvalue weighted by Gasteiger charge is 2.01. The first kappa shape index (κ1) is 12.2. The molecule has 15 heavy (non-hydrogen) atoms. The van der Waals surface area contributed by atoms with Crippen LogP contribution in [0.4, 0.5) is 0 Å². The lowest BCUT2D eigenvalue weighted by molar-refractivity contribution is 0.0918. The summed E-state index contributed by atoms with van der Waals surface area (Å²) in [5, 5.41) is 3.04. The number of hydrogen-bond acceptors (Lipinski definition) is 4. The second kappa shape index (κ2) is 6.61. The first-order chi connectivity index (χ1) is 7.22. The number of ether oxygens (including phenoxy) is 1. The molecule has 0 spiro atoms. The fourth-order valence-corrected chi connectivity index (χ4v) is 1.19. The van der Waals surface area contributed by atoms with Gasteiger partial charge in [0, 0.05) is 6.54 Å². The molecule has 0 unspecified atom stereocenters. The first-order valence-corrected chi connectivity index (χ1v) is 5.17. The van der Waals surface area contributed by atoms with E-state index in [2.05, 4.69) is 10.2 Å². The summed E-state index contributed by atoms with van der Waals surface area (Å²) in [5.74, 6) is 1.84. The Morgan fingerprint density at radius 3 is 2.73 bits per heavy atom. The summed E-state index contributed by atoms with van der Waals surface area (Å²) in [4.78, 5) is 2.09. The molecular formula is C11H20N2O2. The quantitative estimate of drug-likeness (QED) is 0.686. The van der Waals surface area contributed by atoms with E-state index in [0.717, 1.165) is 31.2 Å². The van der Waals surface area contributed by atoms with Gasteiger partial charge < -0.3 is 19.4 Å². The first-order valence-electron chi connectivity index (χ1n) is 5.17. The van der Waals surface area contributed by atoms with Crippen molar-refractivity contribution in [2.75, 3.05) is 34.3 Å². The van der Waals surface area contributed by atoms with Crippen molar-refractivity contribution in [3.63, 3.8) is 0 Å². The van der Waals surface area contributed by atoms with Crippen LogP contribution in [-0.4, -0.2) is 39.2 Å². The molecule has 0 aliphatic rings. The minimum absolute atomic E-state index is 0.553. The van der Waals surface area contributed by atoms with Gasteiger partial charge in [-0.25, -0.2) is 0 Å². The zero-order valence-electron chi connectivity index (χ0n) is 9.75. The zero-order valence-corrected chi connectivity index (χ0v) is 9.75. The predicted octanol–water partition coefficient (Wildman–Crippen LogP) is 1.08. The lowest BCUT2D eigenvalue weighted by atomic mass is 10.4. The van der Waals surface area contributed by atoms with Crippen molar-refractivity contribution in [1.82, 2.24) is 10.2 Å². The Hall–Kier alpha value is -0.840. The van der Waals surface area contributed by atoms with Crippen molar-refractivity contribution in [1.29, 1.82) is 0 Å². The molecule has 0 aliphatic heterocycles. The molecule has 0 bridgehead atoms. The van der Waals surface area contributed by atoms with Crippen LogP contribution in [-0.2, 0) is 17.9 Å². The molecule has 86 valence electrons. The molecule has 1 N–H and O–H groups in total. The van der Waals surface area contributed by atoms with Crippen LogP contribution in [0, 0.1) is 0 Å². The third-order valence-corrected chi connectivity index (χ3v) is 2.00. The molecule has 0 amide bonds. The molecule has 4 nitrogen and oxygen atoms in total. The highest BCUT2D eigenvalue weighted by atomic mass is 16.5. The normalized spacial score (nSPS) is 11.2. The molecule has 1 rings (SSSR count). The zero-order chi connectivity index (χ0) is 11.1. The second-order valence-electron chi connectivity index (χ2n) is 3.75. The number of rotatable bonds is 7. The van der Waals surface area contributed by atoms with E-state index in [1.54, 1.807) is 0 Å². The highest BCUT2D eigenvalue weighted by Crippen LogP contribution is 2.08. The van der Waals surface area contributed by atoms with E-state index >= 15 is 0 Å². The average Bonchev–Trinajstić information content (AvgIpc) is 2.61. The molecule has 1 aromatic heterocycles. The van der Waals surface area contributed by atoms with Crippen molar-refractivity contribution in [3.8, 4) is 0 Å². The Morgan fingerprint density at radius 2 is 2.07 bits per heavy atom. The van der Waals surface area contributed by atoms with Gasteiger partial charge >= 0.3 is 0 Å². The average molecular weight is 212 g/mol. The van der Waals surface area contributed by atoms with Crippen molar-refractivity contribution < 1.29 is 9.15 Å². The third-order valence-electron chi connectivity index (χ3n) is 2.00. The molecule has 0 atom stereocenters. The Morgan fingerprint density at radius 1 is 1.33 bits per heavy atom. The third kappa shape index (κ3) is 4.97. The van der Waals surface area contributed by atoms with E-state index in [0.29, 0.717) is 6.61 Å². The molecule has 0 radical (unpaired) electrons. The SMILES string of the molecule is CNCc1ccc(COCCN(C)C)o1. The summed E-state index contributed by atoms with van der Waals surface area (Å²) in [5.41, 5.74) is 0. The van der Waals surface area contributed by atoms with Crippen LogP contribution in [0.1, 0.15) is 11.5 Å². The van der Waals surface area contributed by atoms with Crippen LogP contribution in [0.5, 0.6) is 0 Å². The molecule has 0 saturated carbocycles. The van der Waals surface area contributed by atoms with Crippen LogP contribution in [0.2, 0.25) is 0 Å². The van der Waals surface area contributed by atoms with Gasteiger partial charge in [-0.1, -0.05) is 0 Å². The number of furan rings is 1. The second-order valence-corrected chi connectivity index (χ2v) is 3.75. The van der Waals surface area contributed by atoms with Crippen LogP contribution in [0.15, 0.2) is 16.5 Å².